The largest absolute Gasteiger partial charge is 0.465 e. The highest BCUT2D eigenvalue weighted by atomic mass is 32.1. The second-order valence-corrected chi connectivity index (χ2v) is 5.21. The molecule has 0 saturated heterocycles. The van der Waals surface area contributed by atoms with Gasteiger partial charge in [0.2, 0.25) is 0 Å². The second-order valence-electron chi connectivity index (χ2n) is 4.29. The minimum absolute atomic E-state index is 0.0564. The summed E-state index contributed by atoms with van der Waals surface area (Å²) in [6.45, 7) is 0.157. The molecule has 0 N–H and O–H groups in total. The molecule has 3 rings (SSSR count). The van der Waals surface area contributed by atoms with Crippen molar-refractivity contribution in [1.82, 2.24) is 10.2 Å². The van der Waals surface area contributed by atoms with E-state index in [2.05, 4.69) is 10.2 Å². The molecular formula is C15H12N2O4S. The summed E-state index contributed by atoms with van der Waals surface area (Å²) in [7, 11) is 1.34. The van der Waals surface area contributed by atoms with Crippen LogP contribution in [0.1, 0.15) is 15.2 Å². The molecule has 0 bridgehead atoms. The highest BCUT2D eigenvalue weighted by Gasteiger charge is 2.15. The van der Waals surface area contributed by atoms with E-state index in [1.807, 2.05) is 30.3 Å². The van der Waals surface area contributed by atoms with Gasteiger partial charge in [-0.05, 0) is 23.6 Å². The number of methoxy groups -OCH3 is 1. The van der Waals surface area contributed by atoms with Gasteiger partial charge in [0.1, 0.15) is 11.5 Å². The third-order valence-electron chi connectivity index (χ3n) is 2.90. The Kier molecular flexibility index (Phi) is 4.15. The molecule has 0 amide bonds. The average Bonchev–Trinajstić information content (AvgIpc) is 3.22. The standard InChI is InChI=1S/C15H12N2O4S/c1-19-14(18)12-11(7-8-22-12)9-20-15-17-16-13(21-15)10-5-3-2-4-6-10/h2-8H,9H2,1H3. The molecule has 2 heterocycles. The smallest absolute Gasteiger partial charge is 0.415 e. The lowest BCUT2D eigenvalue weighted by molar-refractivity contribution is 0.0603. The van der Waals surface area contributed by atoms with Gasteiger partial charge < -0.3 is 13.9 Å². The van der Waals surface area contributed by atoms with Crippen molar-refractivity contribution in [3.63, 3.8) is 0 Å². The lowest BCUT2D eigenvalue weighted by Gasteiger charge is -2.02. The van der Waals surface area contributed by atoms with Gasteiger partial charge >= 0.3 is 12.0 Å². The molecule has 6 nitrogen and oxygen atoms in total. The Morgan fingerprint density at radius 2 is 2.05 bits per heavy atom. The molecule has 2 aromatic heterocycles. The molecular weight excluding hydrogens is 304 g/mol. The van der Waals surface area contributed by atoms with Crippen LogP contribution in [0.3, 0.4) is 0 Å². The number of ether oxygens (including phenoxy) is 2. The van der Waals surface area contributed by atoms with Crippen molar-refractivity contribution >= 4 is 17.3 Å². The molecule has 0 unspecified atom stereocenters. The number of hydrogen-bond acceptors (Lipinski definition) is 7. The van der Waals surface area contributed by atoms with Gasteiger partial charge in [0.05, 0.1) is 7.11 Å². The molecule has 3 aromatic rings. The topological polar surface area (TPSA) is 74.5 Å². The summed E-state index contributed by atoms with van der Waals surface area (Å²) >= 11 is 1.30. The predicted molar refractivity (Wildman–Crippen MR) is 79.7 cm³/mol. The molecule has 0 aliphatic heterocycles. The first-order valence-electron chi connectivity index (χ1n) is 6.44. The molecule has 112 valence electrons. The molecule has 1 aromatic carbocycles. The number of esters is 1. The van der Waals surface area contributed by atoms with Crippen molar-refractivity contribution in [1.29, 1.82) is 0 Å². The van der Waals surface area contributed by atoms with E-state index in [-0.39, 0.29) is 18.7 Å². The molecule has 22 heavy (non-hydrogen) atoms. The van der Waals surface area contributed by atoms with Crippen molar-refractivity contribution in [3.05, 3.63) is 52.2 Å². The first-order chi connectivity index (χ1) is 10.8. The summed E-state index contributed by atoms with van der Waals surface area (Å²) in [6, 6.07) is 11.2. The van der Waals surface area contributed by atoms with Gasteiger partial charge in [-0.25, -0.2) is 4.79 Å². The van der Waals surface area contributed by atoms with Crippen molar-refractivity contribution in [2.75, 3.05) is 7.11 Å². The Morgan fingerprint density at radius 3 is 2.82 bits per heavy atom. The third-order valence-corrected chi connectivity index (χ3v) is 3.83. The van der Waals surface area contributed by atoms with Crippen molar-refractivity contribution in [2.45, 2.75) is 6.61 Å². The first-order valence-corrected chi connectivity index (χ1v) is 7.32. The Bertz CT molecular complexity index is 767. The summed E-state index contributed by atoms with van der Waals surface area (Å²) in [4.78, 5) is 12.1. The summed E-state index contributed by atoms with van der Waals surface area (Å²) in [5, 5.41) is 9.56. The van der Waals surface area contributed by atoms with Crippen molar-refractivity contribution < 1.29 is 18.7 Å². The number of nitrogens with zero attached hydrogens (tertiary/aromatic N) is 2. The number of carbonyl (C=O) groups excluding carboxylic acids is 1. The van der Waals surface area contributed by atoms with E-state index in [1.165, 1.54) is 18.4 Å². The molecule has 7 heteroatoms. The first kappa shape index (κ1) is 14.3. The average molecular weight is 316 g/mol. The molecule has 0 aliphatic rings. The maximum absolute atomic E-state index is 11.6. The zero-order valence-electron chi connectivity index (χ0n) is 11.7. The SMILES string of the molecule is COC(=O)c1sccc1COc1nnc(-c2ccccc2)o1. The lowest BCUT2D eigenvalue weighted by atomic mass is 10.2. The number of thiophene rings is 1. The molecule has 0 aliphatic carbocycles. The zero-order valence-corrected chi connectivity index (χ0v) is 12.5. The number of carbonyl (C=O) groups is 1. The van der Waals surface area contributed by atoms with Crippen LogP contribution in [0.15, 0.2) is 46.2 Å². The van der Waals surface area contributed by atoms with Crippen LogP contribution in [0.5, 0.6) is 6.08 Å². The van der Waals surface area contributed by atoms with Gasteiger partial charge in [0.25, 0.3) is 5.89 Å². The Balaban J connectivity index is 1.69. The van der Waals surface area contributed by atoms with Gasteiger partial charge in [0, 0.05) is 11.1 Å². The quantitative estimate of drug-likeness (QED) is 0.673. The van der Waals surface area contributed by atoms with Crippen LogP contribution in [-0.2, 0) is 11.3 Å². The van der Waals surface area contributed by atoms with Gasteiger partial charge in [-0.1, -0.05) is 23.3 Å². The zero-order chi connectivity index (χ0) is 15.4. The van der Waals surface area contributed by atoms with E-state index in [1.54, 1.807) is 11.4 Å². The Labute approximate surface area is 130 Å². The van der Waals surface area contributed by atoms with Crippen LogP contribution in [0.4, 0.5) is 0 Å². The number of rotatable bonds is 5. The predicted octanol–water partition coefficient (Wildman–Crippen LogP) is 3.16. The molecule has 0 fully saturated rings. The highest BCUT2D eigenvalue weighted by molar-refractivity contribution is 7.12. The van der Waals surface area contributed by atoms with E-state index < -0.39 is 0 Å². The summed E-state index contributed by atoms with van der Waals surface area (Å²) < 4.78 is 15.6. The van der Waals surface area contributed by atoms with E-state index >= 15 is 0 Å². The summed E-state index contributed by atoms with van der Waals surface area (Å²) in [5.41, 5.74) is 1.53. The molecule has 0 radical (unpaired) electrons. The second kappa shape index (κ2) is 6.40. The minimum atomic E-state index is -0.385. The number of hydrogen-bond donors (Lipinski definition) is 0. The minimum Gasteiger partial charge on any atom is -0.465 e. The van der Waals surface area contributed by atoms with Crippen molar-refractivity contribution in [3.8, 4) is 17.5 Å². The van der Waals surface area contributed by atoms with Crippen molar-refractivity contribution in [2.24, 2.45) is 0 Å². The normalized spacial score (nSPS) is 10.4. The number of aromatic nitrogens is 2. The lowest BCUT2D eigenvalue weighted by Crippen LogP contribution is -2.04. The van der Waals surface area contributed by atoms with Crippen LogP contribution >= 0.6 is 11.3 Å². The van der Waals surface area contributed by atoms with Crippen LogP contribution in [0.25, 0.3) is 11.5 Å². The van der Waals surface area contributed by atoms with Crippen LogP contribution in [0, 0.1) is 0 Å². The van der Waals surface area contributed by atoms with Gasteiger partial charge in [-0.2, -0.15) is 0 Å². The Hall–Kier alpha value is -2.67. The van der Waals surface area contributed by atoms with E-state index in [4.69, 9.17) is 13.9 Å². The highest BCUT2D eigenvalue weighted by Crippen LogP contribution is 2.23. The van der Waals surface area contributed by atoms with E-state index in [0.717, 1.165) is 11.1 Å². The molecule has 0 spiro atoms. The fourth-order valence-electron chi connectivity index (χ4n) is 1.83. The van der Waals surface area contributed by atoms with E-state index in [0.29, 0.717) is 10.8 Å². The van der Waals surface area contributed by atoms with Gasteiger partial charge in [-0.15, -0.1) is 16.4 Å². The molecule has 0 atom stereocenters. The number of benzene rings is 1. The fourth-order valence-corrected chi connectivity index (χ4v) is 2.65. The van der Waals surface area contributed by atoms with E-state index in [9.17, 15) is 4.79 Å². The fraction of sp³-hybridized carbons (Fsp3) is 0.133. The van der Waals surface area contributed by atoms with Crippen LogP contribution in [-0.4, -0.2) is 23.3 Å². The van der Waals surface area contributed by atoms with Crippen LogP contribution < -0.4 is 4.74 Å². The summed E-state index contributed by atoms with van der Waals surface area (Å²) in [6.07, 6.45) is 0.0564. The van der Waals surface area contributed by atoms with Gasteiger partial charge in [-0.3, -0.25) is 0 Å². The summed E-state index contributed by atoms with van der Waals surface area (Å²) in [5.74, 6) is -0.00165. The third kappa shape index (κ3) is 2.99. The van der Waals surface area contributed by atoms with Gasteiger partial charge in [0.15, 0.2) is 0 Å². The van der Waals surface area contributed by atoms with Crippen LogP contribution in [0.2, 0.25) is 0 Å². The molecule has 0 saturated carbocycles. The monoisotopic (exact) mass is 316 g/mol. The maximum Gasteiger partial charge on any atom is 0.415 e. The maximum atomic E-state index is 11.6. The Morgan fingerprint density at radius 1 is 1.23 bits per heavy atom.